The highest BCUT2D eigenvalue weighted by Crippen LogP contribution is 2.33. The van der Waals surface area contributed by atoms with Gasteiger partial charge in [0.15, 0.2) is 0 Å². The maximum absolute atomic E-state index is 13.4. The largest absolute Gasteiger partial charge is 0.324 e. The van der Waals surface area contributed by atoms with Crippen molar-refractivity contribution < 1.29 is 13.6 Å². The first kappa shape index (κ1) is 13.7. The van der Waals surface area contributed by atoms with Crippen LogP contribution in [0.2, 0.25) is 0 Å². The zero-order chi connectivity index (χ0) is 15.0. The van der Waals surface area contributed by atoms with Crippen LogP contribution in [0.5, 0.6) is 0 Å². The molecule has 0 spiro atoms. The maximum atomic E-state index is 13.4. The summed E-state index contributed by atoms with van der Waals surface area (Å²) < 4.78 is 26.3. The van der Waals surface area contributed by atoms with Crippen molar-refractivity contribution >= 4 is 11.6 Å². The van der Waals surface area contributed by atoms with Crippen LogP contribution < -0.4 is 10.6 Å². The molecule has 2 unspecified atom stereocenters. The fourth-order valence-corrected chi connectivity index (χ4v) is 2.50. The molecule has 21 heavy (non-hydrogen) atoms. The van der Waals surface area contributed by atoms with Crippen LogP contribution in [-0.2, 0) is 4.79 Å². The molecule has 2 aromatic rings. The number of benzene rings is 2. The van der Waals surface area contributed by atoms with Gasteiger partial charge in [-0.15, -0.1) is 0 Å². The standard InChI is InChI=1S/C16H14F2N2O/c1-9(10-2-4-11(17)5-3-10)19-15-13-8-12(18)6-7-14(13)20-16(15)21/h2-9,15,19H,1H3,(H,20,21). The lowest BCUT2D eigenvalue weighted by Gasteiger charge is -2.19. The molecule has 2 atom stereocenters. The molecular weight excluding hydrogens is 274 g/mol. The molecule has 1 aliphatic rings. The van der Waals surface area contributed by atoms with Crippen LogP contribution in [0.4, 0.5) is 14.5 Å². The average molecular weight is 288 g/mol. The van der Waals surface area contributed by atoms with Crippen LogP contribution in [0.25, 0.3) is 0 Å². The Labute approximate surface area is 121 Å². The molecule has 2 N–H and O–H groups in total. The van der Waals surface area contributed by atoms with E-state index in [1.165, 1.54) is 24.3 Å². The molecule has 5 heteroatoms. The minimum atomic E-state index is -0.615. The minimum absolute atomic E-state index is 0.171. The lowest BCUT2D eigenvalue weighted by molar-refractivity contribution is -0.117. The number of fused-ring (bicyclic) bond motifs is 1. The van der Waals surface area contributed by atoms with Gasteiger partial charge >= 0.3 is 0 Å². The maximum Gasteiger partial charge on any atom is 0.246 e. The van der Waals surface area contributed by atoms with Gasteiger partial charge in [0.25, 0.3) is 0 Å². The Hall–Kier alpha value is -2.27. The summed E-state index contributed by atoms with van der Waals surface area (Å²) in [6.45, 7) is 1.87. The molecule has 108 valence electrons. The van der Waals surface area contributed by atoms with E-state index >= 15 is 0 Å². The SMILES string of the molecule is CC(NC1C(=O)Nc2ccc(F)cc21)c1ccc(F)cc1. The summed E-state index contributed by atoms with van der Waals surface area (Å²) in [6, 6.07) is 9.48. The second-order valence-electron chi connectivity index (χ2n) is 5.09. The minimum Gasteiger partial charge on any atom is -0.324 e. The molecule has 0 bridgehead atoms. The number of carbonyl (C=O) groups excluding carboxylic acids is 1. The molecule has 1 heterocycles. The van der Waals surface area contributed by atoms with Crippen molar-refractivity contribution in [2.75, 3.05) is 5.32 Å². The average Bonchev–Trinajstić information content (AvgIpc) is 2.76. The first-order chi connectivity index (χ1) is 10.0. The van der Waals surface area contributed by atoms with E-state index in [-0.39, 0.29) is 23.6 Å². The number of halogens is 2. The van der Waals surface area contributed by atoms with Gasteiger partial charge in [-0.3, -0.25) is 10.1 Å². The lowest BCUT2D eigenvalue weighted by Crippen LogP contribution is -2.29. The van der Waals surface area contributed by atoms with Crippen molar-refractivity contribution in [2.24, 2.45) is 0 Å². The number of nitrogens with one attached hydrogen (secondary N) is 2. The van der Waals surface area contributed by atoms with Crippen LogP contribution in [0.15, 0.2) is 42.5 Å². The Bertz CT molecular complexity index is 685. The fraction of sp³-hybridized carbons (Fsp3) is 0.188. The number of carbonyl (C=O) groups is 1. The fourth-order valence-electron chi connectivity index (χ4n) is 2.50. The zero-order valence-corrected chi connectivity index (χ0v) is 11.4. The molecule has 0 aromatic heterocycles. The van der Waals surface area contributed by atoms with Crippen LogP contribution in [0.1, 0.15) is 30.1 Å². The number of hydrogen-bond donors (Lipinski definition) is 2. The second-order valence-corrected chi connectivity index (χ2v) is 5.09. The molecular formula is C16H14F2N2O. The van der Waals surface area contributed by atoms with Gasteiger partial charge in [-0.05, 0) is 42.8 Å². The number of amides is 1. The van der Waals surface area contributed by atoms with Crippen molar-refractivity contribution in [2.45, 2.75) is 19.0 Å². The molecule has 1 aliphatic heterocycles. The Morgan fingerprint density at radius 1 is 1.10 bits per heavy atom. The van der Waals surface area contributed by atoms with E-state index in [0.717, 1.165) is 5.56 Å². The van der Waals surface area contributed by atoms with Gasteiger partial charge in [-0.1, -0.05) is 12.1 Å². The van der Waals surface area contributed by atoms with Gasteiger partial charge < -0.3 is 5.32 Å². The summed E-state index contributed by atoms with van der Waals surface area (Å²) in [5, 5.41) is 5.86. The molecule has 0 radical (unpaired) electrons. The molecule has 1 amide bonds. The van der Waals surface area contributed by atoms with Crippen LogP contribution >= 0.6 is 0 Å². The molecule has 3 nitrogen and oxygen atoms in total. The molecule has 0 saturated carbocycles. The quantitative estimate of drug-likeness (QED) is 0.909. The van der Waals surface area contributed by atoms with Gasteiger partial charge in [-0.2, -0.15) is 0 Å². The summed E-state index contributed by atoms with van der Waals surface area (Å²) >= 11 is 0. The Morgan fingerprint density at radius 3 is 2.48 bits per heavy atom. The first-order valence-corrected chi connectivity index (χ1v) is 6.66. The van der Waals surface area contributed by atoms with E-state index in [9.17, 15) is 13.6 Å². The van der Waals surface area contributed by atoms with Crippen molar-refractivity contribution in [1.82, 2.24) is 5.32 Å². The number of hydrogen-bond acceptors (Lipinski definition) is 2. The number of rotatable bonds is 3. The Kier molecular flexibility index (Phi) is 3.43. The van der Waals surface area contributed by atoms with Gasteiger partial charge in [0.2, 0.25) is 5.91 Å². The third kappa shape index (κ3) is 2.64. The van der Waals surface area contributed by atoms with Gasteiger partial charge in [0, 0.05) is 17.3 Å². The smallest absolute Gasteiger partial charge is 0.246 e. The highest BCUT2D eigenvalue weighted by atomic mass is 19.1. The first-order valence-electron chi connectivity index (χ1n) is 6.66. The van der Waals surface area contributed by atoms with Gasteiger partial charge in [0.1, 0.15) is 17.7 Å². The monoisotopic (exact) mass is 288 g/mol. The van der Waals surface area contributed by atoms with E-state index < -0.39 is 6.04 Å². The van der Waals surface area contributed by atoms with E-state index in [1.54, 1.807) is 18.2 Å². The molecule has 2 aromatic carbocycles. The van der Waals surface area contributed by atoms with E-state index in [1.807, 2.05) is 6.92 Å². The van der Waals surface area contributed by atoms with Gasteiger partial charge in [0.05, 0.1) is 0 Å². The summed E-state index contributed by atoms with van der Waals surface area (Å²) in [5.74, 6) is -0.909. The second kappa shape index (κ2) is 5.26. The molecule has 0 aliphatic carbocycles. The third-order valence-electron chi connectivity index (χ3n) is 3.63. The Balaban J connectivity index is 1.83. The molecule has 3 rings (SSSR count). The van der Waals surface area contributed by atoms with Crippen molar-refractivity contribution in [3.05, 3.63) is 65.2 Å². The zero-order valence-electron chi connectivity index (χ0n) is 11.4. The van der Waals surface area contributed by atoms with Crippen molar-refractivity contribution in [1.29, 1.82) is 0 Å². The van der Waals surface area contributed by atoms with E-state index in [2.05, 4.69) is 10.6 Å². The van der Waals surface area contributed by atoms with Crippen LogP contribution in [-0.4, -0.2) is 5.91 Å². The Morgan fingerprint density at radius 2 is 1.76 bits per heavy atom. The van der Waals surface area contributed by atoms with E-state index in [4.69, 9.17) is 0 Å². The predicted molar refractivity (Wildman–Crippen MR) is 75.7 cm³/mol. The summed E-state index contributed by atoms with van der Waals surface area (Å²) in [4.78, 5) is 12.0. The normalized spacial score (nSPS) is 18.2. The number of anilines is 1. The van der Waals surface area contributed by atoms with Crippen LogP contribution in [0.3, 0.4) is 0 Å². The van der Waals surface area contributed by atoms with Crippen molar-refractivity contribution in [3.8, 4) is 0 Å². The highest BCUT2D eigenvalue weighted by Gasteiger charge is 2.31. The van der Waals surface area contributed by atoms with E-state index in [0.29, 0.717) is 11.3 Å². The van der Waals surface area contributed by atoms with Crippen LogP contribution in [0, 0.1) is 11.6 Å². The van der Waals surface area contributed by atoms with Crippen molar-refractivity contribution in [3.63, 3.8) is 0 Å². The molecule has 0 saturated heterocycles. The third-order valence-corrected chi connectivity index (χ3v) is 3.63. The lowest BCUT2D eigenvalue weighted by atomic mass is 10.0. The predicted octanol–water partition coefficient (Wildman–Crippen LogP) is 3.31. The molecule has 0 fully saturated rings. The van der Waals surface area contributed by atoms with Gasteiger partial charge in [-0.25, -0.2) is 8.78 Å². The summed E-state index contributed by atoms with van der Waals surface area (Å²) in [5.41, 5.74) is 2.06. The summed E-state index contributed by atoms with van der Waals surface area (Å²) in [6.07, 6.45) is 0. The summed E-state index contributed by atoms with van der Waals surface area (Å²) in [7, 11) is 0. The highest BCUT2D eigenvalue weighted by molar-refractivity contribution is 6.02. The topological polar surface area (TPSA) is 41.1 Å².